The van der Waals surface area contributed by atoms with Crippen LogP contribution in [0.2, 0.25) is 0 Å². The van der Waals surface area contributed by atoms with Crippen LogP contribution in [0.3, 0.4) is 0 Å². The number of allylic oxidation sites excluding steroid dienone is 1. The first-order valence-corrected chi connectivity index (χ1v) is 11.5. The van der Waals surface area contributed by atoms with Gasteiger partial charge in [-0.15, -0.1) is 16.5 Å². The van der Waals surface area contributed by atoms with Gasteiger partial charge in [0.05, 0.1) is 31.6 Å². The highest BCUT2D eigenvalue weighted by Gasteiger charge is 2.29. The second-order valence-corrected chi connectivity index (χ2v) is 8.24. The highest BCUT2D eigenvalue weighted by molar-refractivity contribution is 7.17. The third-order valence-electron chi connectivity index (χ3n) is 4.89. The fraction of sp³-hybridized carbons (Fsp3) is 0.391. The molecule has 1 aliphatic rings. The number of rotatable bonds is 9. The number of azo groups is 1. The summed E-state index contributed by atoms with van der Waals surface area (Å²) in [5.41, 5.74) is 1.42. The van der Waals surface area contributed by atoms with Gasteiger partial charge in [0, 0.05) is 10.9 Å². The Labute approximate surface area is 196 Å². The largest absolute Gasteiger partial charge is 0.510 e. The number of aliphatic hydroxyl groups excluding tert-OH is 1. The lowest BCUT2D eigenvalue weighted by molar-refractivity contribution is -0.113. The molecule has 0 saturated carbocycles. The Balaban J connectivity index is 1.84. The number of amides is 1. The first kappa shape index (κ1) is 24.2. The van der Waals surface area contributed by atoms with E-state index >= 15 is 0 Å². The van der Waals surface area contributed by atoms with E-state index in [-0.39, 0.29) is 11.5 Å². The Bertz CT molecular complexity index is 1100. The van der Waals surface area contributed by atoms with Crippen molar-refractivity contribution in [3.8, 4) is 11.5 Å². The van der Waals surface area contributed by atoms with Crippen molar-refractivity contribution in [3.63, 3.8) is 0 Å². The fourth-order valence-corrected chi connectivity index (χ4v) is 4.74. The normalized spacial score (nSPS) is 13.5. The van der Waals surface area contributed by atoms with E-state index in [0.29, 0.717) is 41.0 Å². The van der Waals surface area contributed by atoms with E-state index in [1.54, 1.807) is 18.2 Å². The van der Waals surface area contributed by atoms with Crippen LogP contribution in [0.5, 0.6) is 11.5 Å². The van der Waals surface area contributed by atoms with Crippen molar-refractivity contribution in [2.24, 2.45) is 10.2 Å². The molecule has 1 amide bonds. The maximum absolute atomic E-state index is 12.9. The Kier molecular flexibility index (Phi) is 8.05. The van der Waals surface area contributed by atoms with Crippen LogP contribution in [0.15, 0.2) is 39.9 Å². The number of esters is 1. The summed E-state index contributed by atoms with van der Waals surface area (Å²) in [4.78, 5) is 26.3. The van der Waals surface area contributed by atoms with Crippen LogP contribution in [0.4, 0.5) is 10.7 Å². The summed E-state index contributed by atoms with van der Waals surface area (Å²) in [7, 11) is 1.30. The molecule has 176 valence electrons. The number of nitrogens with one attached hydrogen (secondary N) is 1. The Morgan fingerprint density at radius 2 is 1.88 bits per heavy atom. The molecule has 1 aromatic heterocycles. The molecular formula is C23H27N3O6S. The van der Waals surface area contributed by atoms with Crippen LogP contribution >= 0.6 is 11.3 Å². The van der Waals surface area contributed by atoms with Crippen LogP contribution in [0.1, 0.15) is 48.0 Å². The summed E-state index contributed by atoms with van der Waals surface area (Å²) in [6, 6.07) is 5.01. The number of carbonyl (C=O) groups is 2. The van der Waals surface area contributed by atoms with Gasteiger partial charge in [-0.3, -0.25) is 4.79 Å². The Morgan fingerprint density at radius 3 is 2.55 bits per heavy atom. The molecule has 33 heavy (non-hydrogen) atoms. The van der Waals surface area contributed by atoms with E-state index in [0.717, 1.165) is 29.7 Å². The number of hydrogen-bond donors (Lipinski definition) is 2. The maximum Gasteiger partial charge on any atom is 0.341 e. The minimum absolute atomic E-state index is 0.272. The number of nitrogens with zero attached hydrogens (tertiary/aromatic N) is 2. The zero-order valence-corrected chi connectivity index (χ0v) is 19.9. The van der Waals surface area contributed by atoms with Crippen molar-refractivity contribution in [3.05, 3.63) is 45.7 Å². The minimum Gasteiger partial charge on any atom is -0.510 e. The third kappa shape index (κ3) is 5.51. The van der Waals surface area contributed by atoms with Gasteiger partial charge >= 0.3 is 5.97 Å². The molecule has 2 N–H and O–H groups in total. The molecule has 0 spiro atoms. The van der Waals surface area contributed by atoms with Gasteiger partial charge in [0.15, 0.2) is 17.2 Å². The minimum atomic E-state index is -0.681. The van der Waals surface area contributed by atoms with Gasteiger partial charge in [0.1, 0.15) is 10.8 Å². The van der Waals surface area contributed by atoms with Gasteiger partial charge in [-0.25, -0.2) is 4.79 Å². The summed E-state index contributed by atoms with van der Waals surface area (Å²) < 4.78 is 16.0. The monoisotopic (exact) mass is 473 g/mol. The van der Waals surface area contributed by atoms with Gasteiger partial charge in [-0.05, 0) is 57.7 Å². The van der Waals surface area contributed by atoms with Crippen molar-refractivity contribution in [2.75, 3.05) is 25.6 Å². The molecule has 0 aliphatic heterocycles. The lowest BCUT2D eigenvalue weighted by Gasteiger charge is -2.11. The van der Waals surface area contributed by atoms with Crippen LogP contribution in [0, 0.1) is 0 Å². The molecule has 0 radical (unpaired) electrons. The molecule has 10 heteroatoms. The summed E-state index contributed by atoms with van der Waals surface area (Å²) in [6.45, 7) is 5.99. The molecule has 3 rings (SSSR count). The van der Waals surface area contributed by atoms with Crippen molar-refractivity contribution in [1.82, 2.24) is 0 Å². The Morgan fingerprint density at radius 1 is 1.15 bits per heavy atom. The Hall–Kier alpha value is -3.40. The zero-order valence-electron chi connectivity index (χ0n) is 19.1. The van der Waals surface area contributed by atoms with Gasteiger partial charge < -0.3 is 24.6 Å². The summed E-state index contributed by atoms with van der Waals surface area (Å²) in [5, 5.41) is 21.2. The van der Waals surface area contributed by atoms with Crippen LogP contribution in [-0.2, 0) is 22.4 Å². The predicted octanol–water partition coefficient (Wildman–Crippen LogP) is 5.33. The number of methoxy groups -OCH3 is 1. The smallest absolute Gasteiger partial charge is 0.341 e. The average Bonchev–Trinajstić information content (AvgIpc) is 3.36. The highest BCUT2D eigenvalue weighted by atomic mass is 32.1. The molecule has 1 aromatic carbocycles. The molecule has 2 aromatic rings. The molecule has 0 saturated heterocycles. The standard InChI is InChI=1S/C23H27N3O6S/c1-5-31-16-11-10-14(12-17(16)32-6-2)25-26-20(13(3)27)21(28)24-22-19(23(29)30-4)15-8-7-9-18(15)33-22/h10-12,27H,5-9H2,1-4H3,(H,24,28). The number of fused-ring (bicyclic) bond motifs is 1. The van der Waals surface area contributed by atoms with Crippen LogP contribution in [0.25, 0.3) is 0 Å². The SMILES string of the molecule is CCOc1ccc(N=NC(C(=O)Nc2sc3c(c2C(=O)OC)CCC3)=C(C)O)cc1OCC. The molecular weight excluding hydrogens is 446 g/mol. The second kappa shape index (κ2) is 11.0. The van der Waals surface area contributed by atoms with Crippen molar-refractivity contribution in [1.29, 1.82) is 0 Å². The molecule has 1 heterocycles. The average molecular weight is 474 g/mol. The van der Waals surface area contributed by atoms with Gasteiger partial charge in [0.25, 0.3) is 5.91 Å². The van der Waals surface area contributed by atoms with Gasteiger partial charge in [-0.2, -0.15) is 5.11 Å². The zero-order chi connectivity index (χ0) is 24.0. The molecule has 0 atom stereocenters. The van der Waals surface area contributed by atoms with E-state index in [4.69, 9.17) is 14.2 Å². The second-order valence-electron chi connectivity index (χ2n) is 7.14. The van der Waals surface area contributed by atoms with Crippen molar-refractivity contribution < 1.29 is 28.9 Å². The number of carbonyl (C=O) groups excluding carboxylic acids is 2. The molecule has 0 bridgehead atoms. The molecule has 9 nitrogen and oxygen atoms in total. The van der Waals surface area contributed by atoms with Crippen molar-refractivity contribution in [2.45, 2.75) is 40.0 Å². The molecule has 0 unspecified atom stereocenters. The molecule has 0 fully saturated rings. The lowest BCUT2D eigenvalue weighted by Crippen LogP contribution is -2.16. The first-order chi connectivity index (χ1) is 15.9. The van der Waals surface area contributed by atoms with Gasteiger partial charge in [-0.1, -0.05) is 0 Å². The summed E-state index contributed by atoms with van der Waals surface area (Å²) in [6.07, 6.45) is 2.56. The maximum atomic E-state index is 12.9. The van der Waals surface area contributed by atoms with E-state index in [1.807, 2.05) is 13.8 Å². The van der Waals surface area contributed by atoms with Gasteiger partial charge in [0.2, 0.25) is 0 Å². The third-order valence-corrected chi connectivity index (χ3v) is 6.10. The number of aryl methyl sites for hydroxylation is 1. The van der Waals surface area contributed by atoms with Crippen LogP contribution < -0.4 is 14.8 Å². The number of anilines is 1. The fourth-order valence-electron chi connectivity index (χ4n) is 3.46. The number of ether oxygens (including phenoxy) is 3. The van der Waals surface area contributed by atoms with E-state index in [9.17, 15) is 14.7 Å². The van der Waals surface area contributed by atoms with Crippen LogP contribution in [-0.4, -0.2) is 37.3 Å². The van der Waals surface area contributed by atoms with Crippen molar-refractivity contribution >= 4 is 33.9 Å². The lowest BCUT2D eigenvalue weighted by atomic mass is 10.1. The quantitative estimate of drug-likeness (QED) is 0.220. The number of thiophene rings is 1. The summed E-state index contributed by atoms with van der Waals surface area (Å²) in [5.74, 6) is -0.417. The topological polar surface area (TPSA) is 119 Å². The highest BCUT2D eigenvalue weighted by Crippen LogP contribution is 2.40. The van der Waals surface area contributed by atoms with E-state index < -0.39 is 11.9 Å². The number of benzene rings is 1. The number of hydrogen-bond acceptors (Lipinski definition) is 9. The number of aliphatic hydroxyl groups is 1. The van der Waals surface area contributed by atoms with E-state index in [2.05, 4.69) is 15.5 Å². The first-order valence-electron chi connectivity index (χ1n) is 10.6. The van der Waals surface area contributed by atoms with E-state index in [1.165, 1.54) is 25.4 Å². The summed E-state index contributed by atoms with van der Waals surface area (Å²) >= 11 is 1.34. The molecule has 1 aliphatic carbocycles. The predicted molar refractivity (Wildman–Crippen MR) is 125 cm³/mol.